The first kappa shape index (κ1) is 15.9. The Bertz CT molecular complexity index is 522. The Kier molecular flexibility index (Phi) is 4.31. The van der Waals surface area contributed by atoms with Gasteiger partial charge in [-0.1, -0.05) is 39.0 Å². The first-order valence-corrected chi connectivity index (χ1v) is 7.75. The van der Waals surface area contributed by atoms with Gasteiger partial charge in [0, 0.05) is 11.2 Å². The lowest BCUT2D eigenvalue weighted by atomic mass is 9.78. The van der Waals surface area contributed by atoms with Crippen LogP contribution in [0.15, 0.2) is 24.3 Å². The van der Waals surface area contributed by atoms with Crippen molar-refractivity contribution in [2.45, 2.75) is 58.5 Å². The van der Waals surface area contributed by atoms with Gasteiger partial charge in [-0.3, -0.25) is 0 Å². The van der Waals surface area contributed by atoms with Crippen molar-refractivity contribution in [3.63, 3.8) is 0 Å². The predicted octanol–water partition coefficient (Wildman–Crippen LogP) is 3.98. The number of fused-ring (bicyclic) bond motifs is 1. The molecule has 0 saturated heterocycles. The fourth-order valence-electron chi connectivity index (χ4n) is 3.73. The van der Waals surface area contributed by atoms with Crippen molar-refractivity contribution >= 4 is 11.7 Å². The topological polar surface area (TPSA) is 29.5 Å². The van der Waals surface area contributed by atoms with Crippen LogP contribution in [0.4, 0.5) is 5.69 Å². The number of methoxy groups -OCH3 is 1. The summed E-state index contributed by atoms with van der Waals surface area (Å²) in [7, 11) is 1.48. The average Bonchev–Trinajstić information content (AvgIpc) is 2.41. The number of hydrogen-bond donors (Lipinski definition) is 0. The van der Waals surface area contributed by atoms with Gasteiger partial charge in [0.1, 0.15) is 6.04 Å². The van der Waals surface area contributed by atoms with Crippen molar-refractivity contribution in [1.82, 2.24) is 0 Å². The third-order valence-corrected chi connectivity index (χ3v) is 4.54. The second-order valence-corrected chi connectivity index (χ2v) is 7.06. The highest BCUT2D eigenvalue weighted by atomic mass is 16.5. The zero-order valence-electron chi connectivity index (χ0n) is 14.0. The van der Waals surface area contributed by atoms with Gasteiger partial charge in [0.05, 0.1) is 7.11 Å². The molecule has 1 aromatic rings. The maximum atomic E-state index is 12.4. The summed E-state index contributed by atoms with van der Waals surface area (Å²) < 4.78 is 5.08. The van der Waals surface area contributed by atoms with E-state index in [0.717, 1.165) is 6.42 Å². The minimum atomic E-state index is -0.251. The number of hydrogen-bond acceptors (Lipinski definition) is 3. The molecule has 0 fully saturated rings. The lowest BCUT2D eigenvalue weighted by Gasteiger charge is -2.51. The Balaban J connectivity index is 2.58. The number of anilines is 1. The number of nitrogens with zero attached hydrogens (tertiary/aromatic N) is 1. The first-order valence-electron chi connectivity index (χ1n) is 7.75. The fraction of sp³-hybridized carbons (Fsp3) is 0.611. The highest BCUT2D eigenvalue weighted by Gasteiger charge is 2.43. The highest BCUT2D eigenvalue weighted by Crippen LogP contribution is 2.45. The molecular weight excluding hydrogens is 262 g/mol. The van der Waals surface area contributed by atoms with E-state index in [1.807, 2.05) is 0 Å². The maximum Gasteiger partial charge on any atom is 0.328 e. The molecule has 21 heavy (non-hydrogen) atoms. The predicted molar refractivity (Wildman–Crippen MR) is 86.7 cm³/mol. The summed E-state index contributed by atoms with van der Waals surface area (Å²) in [6.45, 7) is 10.9. The van der Waals surface area contributed by atoms with Crippen molar-refractivity contribution in [2.75, 3.05) is 12.0 Å². The number of carbonyl (C=O) groups is 1. The van der Waals surface area contributed by atoms with Gasteiger partial charge < -0.3 is 9.64 Å². The van der Waals surface area contributed by atoms with Crippen LogP contribution >= 0.6 is 0 Å². The van der Waals surface area contributed by atoms with Gasteiger partial charge >= 0.3 is 5.97 Å². The molecule has 0 bridgehead atoms. The Morgan fingerprint density at radius 2 is 1.95 bits per heavy atom. The standard InChI is InChI=1S/C18H27NO2/c1-12(2)16(17(20)21-6)19-15-10-8-7-9-14(15)13(3)11-18(19,4)5/h7-10,12-13,16H,11H2,1-6H3/t13-,16-/m1/s1. The number of esters is 1. The maximum absolute atomic E-state index is 12.4. The van der Waals surface area contributed by atoms with Gasteiger partial charge in [-0.15, -0.1) is 0 Å². The van der Waals surface area contributed by atoms with E-state index in [4.69, 9.17) is 4.74 Å². The molecule has 0 aliphatic carbocycles. The molecule has 1 heterocycles. The number of para-hydroxylation sites is 1. The lowest BCUT2D eigenvalue weighted by Crippen LogP contribution is -2.58. The Morgan fingerprint density at radius 3 is 2.52 bits per heavy atom. The molecule has 2 rings (SSSR count). The molecule has 1 aliphatic heterocycles. The van der Waals surface area contributed by atoms with E-state index in [0.29, 0.717) is 5.92 Å². The molecule has 0 spiro atoms. The largest absolute Gasteiger partial charge is 0.467 e. The van der Waals surface area contributed by atoms with E-state index in [2.05, 4.69) is 63.8 Å². The Labute approximate surface area is 128 Å². The van der Waals surface area contributed by atoms with Crippen LogP contribution in [0.1, 0.15) is 52.5 Å². The van der Waals surface area contributed by atoms with Crippen LogP contribution in [0.5, 0.6) is 0 Å². The van der Waals surface area contributed by atoms with E-state index in [9.17, 15) is 4.79 Å². The number of benzene rings is 1. The Hall–Kier alpha value is -1.51. The normalized spacial score (nSPS) is 21.9. The number of rotatable bonds is 3. The van der Waals surface area contributed by atoms with Gasteiger partial charge in [-0.25, -0.2) is 4.79 Å². The molecule has 2 atom stereocenters. The quantitative estimate of drug-likeness (QED) is 0.788. The molecular formula is C18H27NO2. The molecule has 0 amide bonds. The summed E-state index contributed by atoms with van der Waals surface area (Å²) >= 11 is 0. The van der Waals surface area contributed by atoms with Crippen molar-refractivity contribution in [3.8, 4) is 0 Å². The minimum absolute atomic E-state index is 0.0725. The molecule has 1 aromatic carbocycles. The lowest BCUT2D eigenvalue weighted by molar-refractivity contribution is -0.143. The van der Waals surface area contributed by atoms with E-state index in [1.54, 1.807) is 0 Å². The van der Waals surface area contributed by atoms with Crippen molar-refractivity contribution in [3.05, 3.63) is 29.8 Å². The van der Waals surface area contributed by atoms with Crippen LogP contribution in [0, 0.1) is 5.92 Å². The van der Waals surface area contributed by atoms with Crippen LogP contribution in [-0.4, -0.2) is 24.7 Å². The van der Waals surface area contributed by atoms with Crippen molar-refractivity contribution in [1.29, 1.82) is 0 Å². The fourth-order valence-corrected chi connectivity index (χ4v) is 3.73. The summed E-state index contributed by atoms with van der Waals surface area (Å²) in [5, 5.41) is 0. The summed E-state index contributed by atoms with van der Waals surface area (Å²) in [5.74, 6) is 0.540. The molecule has 0 radical (unpaired) electrons. The highest BCUT2D eigenvalue weighted by molar-refractivity contribution is 5.82. The number of carbonyl (C=O) groups excluding carboxylic acids is 1. The Morgan fingerprint density at radius 1 is 1.33 bits per heavy atom. The van der Waals surface area contributed by atoms with E-state index < -0.39 is 0 Å². The molecule has 3 heteroatoms. The smallest absolute Gasteiger partial charge is 0.328 e. The van der Waals surface area contributed by atoms with Crippen LogP contribution in [-0.2, 0) is 9.53 Å². The van der Waals surface area contributed by atoms with Crippen LogP contribution in [0.2, 0.25) is 0 Å². The van der Waals surface area contributed by atoms with Crippen molar-refractivity contribution in [2.24, 2.45) is 5.92 Å². The zero-order chi connectivity index (χ0) is 15.8. The van der Waals surface area contributed by atoms with Crippen LogP contribution in [0.3, 0.4) is 0 Å². The second kappa shape index (κ2) is 5.70. The van der Waals surface area contributed by atoms with Gasteiger partial charge in [0.2, 0.25) is 0 Å². The van der Waals surface area contributed by atoms with E-state index in [1.165, 1.54) is 18.4 Å². The molecule has 3 nitrogen and oxygen atoms in total. The molecule has 0 unspecified atom stereocenters. The monoisotopic (exact) mass is 289 g/mol. The molecule has 1 aliphatic rings. The molecule has 0 aromatic heterocycles. The third-order valence-electron chi connectivity index (χ3n) is 4.54. The van der Waals surface area contributed by atoms with Crippen LogP contribution < -0.4 is 4.90 Å². The van der Waals surface area contributed by atoms with Gasteiger partial charge in [0.25, 0.3) is 0 Å². The minimum Gasteiger partial charge on any atom is -0.467 e. The molecule has 0 N–H and O–H groups in total. The summed E-state index contributed by atoms with van der Waals surface area (Å²) in [5.41, 5.74) is 2.42. The van der Waals surface area contributed by atoms with E-state index >= 15 is 0 Å². The summed E-state index contributed by atoms with van der Waals surface area (Å²) in [4.78, 5) is 14.6. The van der Waals surface area contributed by atoms with Crippen molar-refractivity contribution < 1.29 is 9.53 Å². The van der Waals surface area contributed by atoms with Crippen LogP contribution in [0.25, 0.3) is 0 Å². The molecule has 116 valence electrons. The average molecular weight is 289 g/mol. The van der Waals surface area contributed by atoms with Gasteiger partial charge in [0.15, 0.2) is 0 Å². The van der Waals surface area contributed by atoms with Gasteiger partial charge in [-0.05, 0) is 43.7 Å². The number of ether oxygens (including phenoxy) is 1. The second-order valence-electron chi connectivity index (χ2n) is 7.06. The van der Waals surface area contributed by atoms with Gasteiger partial charge in [-0.2, -0.15) is 0 Å². The third kappa shape index (κ3) is 2.78. The first-order chi connectivity index (χ1) is 9.79. The summed E-state index contributed by atoms with van der Waals surface area (Å²) in [6.07, 6.45) is 1.03. The molecule has 0 saturated carbocycles. The van der Waals surface area contributed by atoms with E-state index in [-0.39, 0.29) is 23.5 Å². The zero-order valence-corrected chi connectivity index (χ0v) is 14.0. The summed E-state index contributed by atoms with van der Waals surface area (Å²) in [6, 6.07) is 8.18. The SMILES string of the molecule is COC(=O)[C@@H](C(C)C)N1c2ccccc2[C@H](C)CC1(C)C.